The number of rotatable bonds is 6. The molecule has 26 heavy (non-hydrogen) atoms. The monoisotopic (exact) mass is 458 g/mol. The number of halogens is 3. The summed E-state index contributed by atoms with van der Waals surface area (Å²) >= 11 is 16.0. The summed E-state index contributed by atoms with van der Waals surface area (Å²) < 4.78 is 11.7. The molecule has 0 amide bonds. The quantitative estimate of drug-likeness (QED) is 0.449. The fourth-order valence-corrected chi connectivity index (χ4v) is 3.59. The van der Waals surface area contributed by atoms with Crippen molar-refractivity contribution in [3.63, 3.8) is 0 Å². The number of alkyl halides is 1. The van der Waals surface area contributed by atoms with Gasteiger partial charge in [0.15, 0.2) is 11.5 Å². The zero-order chi connectivity index (χ0) is 19.5. The van der Waals surface area contributed by atoms with Gasteiger partial charge in [-0.25, -0.2) is 0 Å². The second kappa shape index (κ2) is 8.64. The van der Waals surface area contributed by atoms with E-state index < -0.39 is 11.0 Å². The zero-order valence-electron chi connectivity index (χ0n) is 15.1. The maximum Gasteiger partial charge on any atom is 0.230 e. The van der Waals surface area contributed by atoms with Gasteiger partial charge in [-0.2, -0.15) is 0 Å². The van der Waals surface area contributed by atoms with Crippen LogP contribution in [0.15, 0.2) is 40.9 Å². The molecule has 0 fully saturated rings. The van der Waals surface area contributed by atoms with Gasteiger partial charge in [-0.05, 0) is 58.2 Å². The lowest BCUT2D eigenvalue weighted by Crippen LogP contribution is -2.32. The first-order chi connectivity index (χ1) is 12.1. The number of hydrogen-bond acceptors (Lipinski definition) is 3. The third-order valence-corrected chi connectivity index (χ3v) is 4.82. The highest BCUT2D eigenvalue weighted by atomic mass is 79.9. The van der Waals surface area contributed by atoms with Gasteiger partial charge >= 0.3 is 0 Å². The van der Waals surface area contributed by atoms with Crippen molar-refractivity contribution in [1.82, 2.24) is 0 Å². The van der Waals surface area contributed by atoms with Crippen molar-refractivity contribution in [3.8, 4) is 22.6 Å². The summed E-state index contributed by atoms with van der Waals surface area (Å²) in [5.74, 6) is 0.948. The van der Waals surface area contributed by atoms with Crippen molar-refractivity contribution in [1.29, 1.82) is 0 Å². The minimum atomic E-state index is -1.11. The maximum atomic E-state index is 12.2. The van der Waals surface area contributed by atoms with Crippen LogP contribution in [0.3, 0.4) is 0 Å². The Morgan fingerprint density at radius 3 is 2.27 bits per heavy atom. The standard InChI is InChI=1S/C20H21BrCl2O3/c1-5-25-14-8-6-12(7-9-14)13-10-15(21)17(16(22)11-13)26-19(23)18(24)20(2,3)4/h6-11,19H,5H2,1-4H3. The number of benzene rings is 2. The molecule has 0 aromatic heterocycles. The van der Waals surface area contributed by atoms with E-state index in [9.17, 15) is 4.79 Å². The minimum absolute atomic E-state index is 0.210. The van der Waals surface area contributed by atoms with Gasteiger partial charge in [0.1, 0.15) is 5.75 Å². The lowest BCUT2D eigenvalue weighted by atomic mass is 9.91. The molecule has 0 heterocycles. The molecule has 0 aliphatic heterocycles. The van der Waals surface area contributed by atoms with Gasteiger partial charge in [-0.1, -0.05) is 56.1 Å². The molecule has 2 aromatic carbocycles. The molecular formula is C20H21BrCl2O3. The van der Waals surface area contributed by atoms with Crippen LogP contribution in [0.4, 0.5) is 0 Å². The normalized spacial score (nSPS) is 12.6. The van der Waals surface area contributed by atoms with Gasteiger partial charge in [-0.3, -0.25) is 4.79 Å². The van der Waals surface area contributed by atoms with E-state index in [2.05, 4.69) is 15.9 Å². The van der Waals surface area contributed by atoms with E-state index in [1.807, 2.05) is 37.3 Å². The highest BCUT2D eigenvalue weighted by molar-refractivity contribution is 9.10. The highest BCUT2D eigenvalue weighted by Gasteiger charge is 2.30. The van der Waals surface area contributed by atoms with Gasteiger partial charge in [0, 0.05) is 5.41 Å². The maximum absolute atomic E-state index is 12.2. The molecule has 0 saturated heterocycles. The SMILES string of the molecule is CCOc1ccc(-c2cc(Cl)c(OC(Cl)C(=O)C(C)(C)C)c(Br)c2)cc1. The average Bonchev–Trinajstić information content (AvgIpc) is 2.57. The predicted molar refractivity (Wildman–Crippen MR) is 110 cm³/mol. The Balaban J connectivity index is 2.26. The summed E-state index contributed by atoms with van der Waals surface area (Å²) in [4.78, 5) is 12.2. The third-order valence-electron chi connectivity index (χ3n) is 3.66. The van der Waals surface area contributed by atoms with E-state index in [-0.39, 0.29) is 5.78 Å². The lowest BCUT2D eigenvalue weighted by Gasteiger charge is -2.22. The van der Waals surface area contributed by atoms with Crippen LogP contribution >= 0.6 is 39.1 Å². The first-order valence-corrected chi connectivity index (χ1v) is 9.81. The molecule has 2 aromatic rings. The topological polar surface area (TPSA) is 35.5 Å². The zero-order valence-corrected chi connectivity index (χ0v) is 18.2. The highest BCUT2D eigenvalue weighted by Crippen LogP contribution is 2.39. The van der Waals surface area contributed by atoms with Crippen LogP contribution in [0.2, 0.25) is 5.02 Å². The fourth-order valence-electron chi connectivity index (χ4n) is 2.25. The van der Waals surface area contributed by atoms with E-state index in [1.165, 1.54) is 0 Å². The molecule has 0 aliphatic rings. The van der Waals surface area contributed by atoms with Crippen LogP contribution in [0, 0.1) is 5.41 Å². The Kier molecular flexibility index (Phi) is 7.00. The molecule has 1 unspecified atom stereocenters. The predicted octanol–water partition coefficient (Wildman–Crippen LogP) is 6.73. The van der Waals surface area contributed by atoms with Crippen molar-refractivity contribution in [2.75, 3.05) is 6.61 Å². The summed E-state index contributed by atoms with van der Waals surface area (Å²) in [6, 6.07) is 11.4. The average molecular weight is 460 g/mol. The minimum Gasteiger partial charge on any atom is -0.494 e. The molecule has 6 heteroatoms. The Labute approximate surface area is 172 Å². The first-order valence-electron chi connectivity index (χ1n) is 8.20. The number of carbonyl (C=O) groups is 1. The fraction of sp³-hybridized carbons (Fsp3) is 0.350. The molecule has 0 aliphatic carbocycles. The van der Waals surface area contributed by atoms with Gasteiger partial charge in [0.2, 0.25) is 5.56 Å². The van der Waals surface area contributed by atoms with E-state index >= 15 is 0 Å². The van der Waals surface area contributed by atoms with E-state index in [0.717, 1.165) is 16.9 Å². The summed E-state index contributed by atoms with van der Waals surface area (Å²) in [6.07, 6.45) is 0. The van der Waals surface area contributed by atoms with Crippen LogP contribution in [0.25, 0.3) is 11.1 Å². The number of hydrogen-bond donors (Lipinski definition) is 0. The van der Waals surface area contributed by atoms with Gasteiger partial charge in [-0.15, -0.1) is 0 Å². The summed E-state index contributed by atoms with van der Waals surface area (Å²) in [7, 11) is 0. The van der Waals surface area contributed by atoms with Gasteiger partial charge in [0.25, 0.3) is 0 Å². The van der Waals surface area contributed by atoms with Crippen LogP contribution in [0.1, 0.15) is 27.7 Å². The molecular weight excluding hydrogens is 439 g/mol. The third kappa shape index (κ3) is 5.15. The van der Waals surface area contributed by atoms with Crippen molar-refractivity contribution < 1.29 is 14.3 Å². The first kappa shape index (κ1) is 21.1. The van der Waals surface area contributed by atoms with E-state index in [4.69, 9.17) is 32.7 Å². The molecule has 2 rings (SSSR count). The van der Waals surface area contributed by atoms with Crippen LogP contribution in [0.5, 0.6) is 11.5 Å². The summed E-state index contributed by atoms with van der Waals surface area (Å²) in [6.45, 7) is 7.94. The molecule has 0 bridgehead atoms. The second-order valence-electron chi connectivity index (χ2n) is 6.77. The summed E-state index contributed by atoms with van der Waals surface area (Å²) in [5.41, 5.74) is 0.176. The van der Waals surface area contributed by atoms with Crippen LogP contribution in [-0.4, -0.2) is 18.0 Å². The van der Waals surface area contributed by atoms with Crippen molar-refractivity contribution in [3.05, 3.63) is 45.9 Å². The molecule has 1 atom stereocenters. The van der Waals surface area contributed by atoms with Crippen molar-refractivity contribution >= 4 is 44.9 Å². The molecule has 0 saturated carbocycles. The van der Waals surface area contributed by atoms with E-state index in [1.54, 1.807) is 26.8 Å². The number of Topliss-reactive ketones (excluding diaryl/α,β-unsaturated/α-hetero) is 1. The Morgan fingerprint density at radius 1 is 1.15 bits per heavy atom. The number of carbonyl (C=O) groups excluding carboxylic acids is 1. The van der Waals surface area contributed by atoms with Crippen LogP contribution in [-0.2, 0) is 4.79 Å². The molecule has 0 spiro atoms. The molecule has 0 radical (unpaired) electrons. The molecule has 140 valence electrons. The second-order valence-corrected chi connectivity index (χ2v) is 8.43. The van der Waals surface area contributed by atoms with Crippen molar-refractivity contribution in [2.45, 2.75) is 33.3 Å². The lowest BCUT2D eigenvalue weighted by molar-refractivity contribution is -0.130. The Hall–Kier alpha value is -1.23. The molecule has 0 N–H and O–H groups in total. The van der Waals surface area contributed by atoms with Gasteiger partial charge < -0.3 is 9.47 Å². The van der Waals surface area contributed by atoms with Crippen LogP contribution < -0.4 is 9.47 Å². The summed E-state index contributed by atoms with van der Waals surface area (Å²) in [5, 5.41) is 0.371. The molecule has 3 nitrogen and oxygen atoms in total. The number of ether oxygens (including phenoxy) is 2. The Bertz CT molecular complexity index is 760. The smallest absolute Gasteiger partial charge is 0.230 e. The van der Waals surface area contributed by atoms with E-state index in [0.29, 0.717) is 21.9 Å². The Morgan fingerprint density at radius 2 is 1.77 bits per heavy atom. The number of ketones is 1. The van der Waals surface area contributed by atoms with Crippen molar-refractivity contribution in [2.24, 2.45) is 5.41 Å². The van der Waals surface area contributed by atoms with Gasteiger partial charge in [0.05, 0.1) is 16.1 Å². The largest absolute Gasteiger partial charge is 0.494 e.